The van der Waals surface area contributed by atoms with Gasteiger partial charge in [-0.2, -0.15) is 9.94 Å². The van der Waals surface area contributed by atoms with Crippen LogP contribution in [0.2, 0.25) is 0 Å². The van der Waals surface area contributed by atoms with E-state index in [2.05, 4.69) is 26.9 Å². The average molecular weight is 449 g/mol. The van der Waals surface area contributed by atoms with Gasteiger partial charge in [-0.3, -0.25) is 4.79 Å². The van der Waals surface area contributed by atoms with Crippen LogP contribution >= 0.6 is 11.3 Å². The Bertz CT molecular complexity index is 1220. The quantitative estimate of drug-likeness (QED) is 0.454. The summed E-state index contributed by atoms with van der Waals surface area (Å²) in [7, 11) is 0. The molecular weight excluding hydrogens is 428 g/mol. The maximum atomic E-state index is 12.8. The van der Waals surface area contributed by atoms with E-state index in [1.807, 2.05) is 30.3 Å². The smallest absolute Gasteiger partial charge is 0.357 e. The third-order valence-electron chi connectivity index (χ3n) is 5.04. The third-order valence-corrected chi connectivity index (χ3v) is 6.24. The molecule has 1 aromatic carbocycles. The molecule has 2 heterocycles. The van der Waals surface area contributed by atoms with Crippen molar-refractivity contribution in [3.8, 4) is 6.07 Å². The van der Waals surface area contributed by atoms with Crippen LogP contribution in [0.5, 0.6) is 0 Å². The number of carbonyl (C=O) groups excluding carboxylic acids is 2. The van der Waals surface area contributed by atoms with E-state index in [-0.39, 0.29) is 5.70 Å². The van der Waals surface area contributed by atoms with Crippen molar-refractivity contribution in [2.24, 2.45) is 0 Å². The number of aromatic nitrogens is 4. The zero-order valence-corrected chi connectivity index (χ0v) is 18.2. The Kier molecular flexibility index (Phi) is 6.37. The zero-order valence-electron chi connectivity index (χ0n) is 17.4. The first-order valence-electron chi connectivity index (χ1n) is 10.1. The lowest BCUT2D eigenvalue weighted by Gasteiger charge is -2.10. The van der Waals surface area contributed by atoms with E-state index in [0.717, 1.165) is 41.7 Å². The summed E-state index contributed by atoms with van der Waals surface area (Å²) >= 11 is 1.42. The van der Waals surface area contributed by atoms with Crippen molar-refractivity contribution < 1.29 is 14.3 Å². The molecule has 3 aromatic rings. The number of rotatable bonds is 6. The molecular formula is C22H20N6O3S. The lowest BCUT2D eigenvalue weighted by atomic mass is 9.96. The highest BCUT2D eigenvalue weighted by Crippen LogP contribution is 2.37. The number of hydrogen-bond acceptors (Lipinski definition) is 8. The first-order valence-corrected chi connectivity index (χ1v) is 10.9. The topological polar surface area (TPSA) is 123 Å². The average Bonchev–Trinajstić information content (AvgIpc) is 3.39. The number of ether oxygens (including phenoxy) is 1. The van der Waals surface area contributed by atoms with E-state index in [9.17, 15) is 14.9 Å². The summed E-state index contributed by atoms with van der Waals surface area (Å²) in [5, 5.41) is 24.0. The van der Waals surface area contributed by atoms with Crippen LogP contribution in [0.4, 0.5) is 5.00 Å². The Balaban J connectivity index is 1.47. The number of nitriles is 1. The monoisotopic (exact) mass is 448 g/mol. The van der Waals surface area contributed by atoms with Gasteiger partial charge < -0.3 is 10.1 Å². The van der Waals surface area contributed by atoms with Gasteiger partial charge >= 0.3 is 5.97 Å². The molecule has 1 amide bonds. The molecule has 0 atom stereocenters. The number of nitrogens with one attached hydrogen (secondary N) is 1. The summed E-state index contributed by atoms with van der Waals surface area (Å²) in [5.74, 6) is -0.859. The van der Waals surface area contributed by atoms with Crippen molar-refractivity contribution in [1.29, 1.82) is 5.26 Å². The van der Waals surface area contributed by atoms with Crippen LogP contribution in [0.25, 0.3) is 11.8 Å². The molecule has 0 saturated carbocycles. The second-order valence-corrected chi connectivity index (χ2v) is 8.33. The number of benzene rings is 1. The fourth-order valence-electron chi connectivity index (χ4n) is 3.51. The van der Waals surface area contributed by atoms with E-state index in [0.29, 0.717) is 16.4 Å². The van der Waals surface area contributed by atoms with Crippen LogP contribution < -0.4 is 5.32 Å². The van der Waals surface area contributed by atoms with Gasteiger partial charge in [-0.1, -0.05) is 30.3 Å². The first-order chi connectivity index (χ1) is 15.6. The van der Waals surface area contributed by atoms with Gasteiger partial charge in [0.15, 0.2) is 18.1 Å². The standard InChI is InChI=1S/C22H20N6O3S/c1-14-25-26-27-28(14)18(11-15-7-3-2-4-8-15)22(30)31-13-20(29)24-21-17(12-23)16-9-5-6-10-19(16)32-21/h2-4,7-8,11H,5-6,9-10,13H2,1H3,(H,24,29)/b18-11+. The molecule has 0 radical (unpaired) electrons. The number of thiophene rings is 1. The van der Waals surface area contributed by atoms with E-state index in [1.54, 1.807) is 13.0 Å². The van der Waals surface area contributed by atoms with Crippen molar-refractivity contribution in [2.45, 2.75) is 32.6 Å². The molecule has 0 unspecified atom stereocenters. The summed E-state index contributed by atoms with van der Waals surface area (Å²) in [6, 6.07) is 11.4. The van der Waals surface area contributed by atoms with Gasteiger partial charge in [0.25, 0.3) is 5.91 Å². The minimum absolute atomic E-state index is 0.0794. The van der Waals surface area contributed by atoms with Crippen molar-refractivity contribution in [1.82, 2.24) is 20.2 Å². The number of esters is 1. The molecule has 0 bridgehead atoms. The molecule has 10 heteroatoms. The van der Waals surface area contributed by atoms with Gasteiger partial charge in [-0.05, 0) is 60.2 Å². The molecule has 9 nitrogen and oxygen atoms in total. The Morgan fingerprint density at radius 3 is 2.78 bits per heavy atom. The number of amides is 1. The van der Waals surface area contributed by atoms with Crippen LogP contribution in [-0.4, -0.2) is 38.7 Å². The molecule has 4 rings (SSSR count). The predicted octanol–water partition coefficient (Wildman–Crippen LogP) is 2.97. The van der Waals surface area contributed by atoms with Gasteiger partial charge in [-0.25, -0.2) is 4.79 Å². The summed E-state index contributed by atoms with van der Waals surface area (Å²) < 4.78 is 6.51. The minimum Gasteiger partial charge on any atom is -0.451 e. The lowest BCUT2D eigenvalue weighted by Crippen LogP contribution is -2.23. The summed E-state index contributed by atoms with van der Waals surface area (Å²) in [5.41, 5.74) is 2.37. The normalized spacial score (nSPS) is 13.2. The Labute approximate surface area is 188 Å². The predicted molar refractivity (Wildman–Crippen MR) is 118 cm³/mol. The number of tetrazole rings is 1. The number of nitrogens with zero attached hydrogens (tertiary/aromatic N) is 5. The van der Waals surface area contributed by atoms with Crippen molar-refractivity contribution in [3.05, 3.63) is 57.7 Å². The summed E-state index contributed by atoms with van der Waals surface area (Å²) in [6.07, 6.45) is 5.47. The van der Waals surface area contributed by atoms with Crippen molar-refractivity contribution in [2.75, 3.05) is 11.9 Å². The number of hydrogen-bond donors (Lipinski definition) is 1. The van der Waals surface area contributed by atoms with Crippen LogP contribution in [-0.2, 0) is 27.2 Å². The largest absolute Gasteiger partial charge is 0.451 e. The van der Waals surface area contributed by atoms with Gasteiger partial charge in [0.1, 0.15) is 11.1 Å². The number of fused-ring (bicyclic) bond motifs is 1. The van der Waals surface area contributed by atoms with Crippen LogP contribution in [0.1, 0.15) is 40.2 Å². The molecule has 0 spiro atoms. The number of aryl methyl sites for hydroxylation is 2. The number of carbonyl (C=O) groups is 2. The Hall–Kier alpha value is -3.84. The molecule has 0 saturated heterocycles. The Morgan fingerprint density at radius 1 is 1.28 bits per heavy atom. The second kappa shape index (κ2) is 9.53. The molecule has 0 fully saturated rings. The molecule has 1 N–H and O–H groups in total. The molecule has 0 aliphatic heterocycles. The highest BCUT2D eigenvalue weighted by atomic mass is 32.1. The molecule has 2 aromatic heterocycles. The maximum absolute atomic E-state index is 12.8. The third kappa shape index (κ3) is 4.58. The first kappa shape index (κ1) is 21.4. The molecule has 162 valence electrons. The van der Waals surface area contributed by atoms with Crippen LogP contribution in [0.3, 0.4) is 0 Å². The molecule has 1 aliphatic rings. The zero-order chi connectivity index (χ0) is 22.5. The highest BCUT2D eigenvalue weighted by Gasteiger charge is 2.23. The maximum Gasteiger partial charge on any atom is 0.357 e. The summed E-state index contributed by atoms with van der Waals surface area (Å²) in [4.78, 5) is 26.4. The van der Waals surface area contributed by atoms with E-state index in [1.165, 1.54) is 16.0 Å². The fraction of sp³-hybridized carbons (Fsp3) is 0.273. The summed E-state index contributed by atoms with van der Waals surface area (Å²) in [6.45, 7) is 1.15. The highest BCUT2D eigenvalue weighted by molar-refractivity contribution is 7.16. The molecule has 1 aliphatic carbocycles. The van der Waals surface area contributed by atoms with E-state index >= 15 is 0 Å². The van der Waals surface area contributed by atoms with Gasteiger partial charge in [-0.15, -0.1) is 16.4 Å². The van der Waals surface area contributed by atoms with Gasteiger partial charge in [0.2, 0.25) is 0 Å². The van der Waals surface area contributed by atoms with E-state index in [4.69, 9.17) is 4.74 Å². The number of anilines is 1. The second-order valence-electron chi connectivity index (χ2n) is 7.23. The van der Waals surface area contributed by atoms with Crippen LogP contribution in [0, 0.1) is 18.3 Å². The van der Waals surface area contributed by atoms with Gasteiger partial charge in [0.05, 0.1) is 5.56 Å². The van der Waals surface area contributed by atoms with Crippen LogP contribution in [0.15, 0.2) is 30.3 Å². The Morgan fingerprint density at radius 2 is 2.06 bits per heavy atom. The van der Waals surface area contributed by atoms with Crippen molar-refractivity contribution >= 4 is 40.0 Å². The lowest BCUT2D eigenvalue weighted by molar-refractivity contribution is -0.141. The van der Waals surface area contributed by atoms with Crippen molar-refractivity contribution in [3.63, 3.8) is 0 Å². The molecule has 32 heavy (non-hydrogen) atoms. The minimum atomic E-state index is -0.745. The van der Waals surface area contributed by atoms with Gasteiger partial charge in [0, 0.05) is 4.88 Å². The SMILES string of the molecule is Cc1nnnn1/C(=C/c1ccccc1)C(=O)OCC(=O)Nc1sc2c(c1C#N)CCCC2. The van der Waals surface area contributed by atoms with E-state index < -0.39 is 18.5 Å². The fourth-order valence-corrected chi connectivity index (χ4v) is 4.76.